The number of hydrogen-bond donors (Lipinski definition) is 1. The van der Waals surface area contributed by atoms with E-state index in [1.807, 2.05) is 13.8 Å². The molecule has 0 bridgehead atoms. The molecule has 0 aromatic heterocycles. The molecule has 0 radical (unpaired) electrons. The molecule has 0 amide bonds. The number of likely N-dealkylation sites (tertiary alicyclic amines) is 1. The van der Waals surface area contributed by atoms with Gasteiger partial charge in [-0.2, -0.15) is 0 Å². The van der Waals surface area contributed by atoms with Crippen LogP contribution in [0.4, 0.5) is 0 Å². The minimum Gasteiger partial charge on any atom is -0.389 e. The van der Waals surface area contributed by atoms with Crippen molar-refractivity contribution in [2.75, 3.05) is 13.1 Å². The molecule has 60 valence electrons. The van der Waals surface area contributed by atoms with Crippen LogP contribution in [0.3, 0.4) is 0 Å². The SMILES string of the molecule is CCN1CCC1C(C)(C)O. The summed E-state index contributed by atoms with van der Waals surface area (Å²) < 4.78 is 0. The van der Waals surface area contributed by atoms with Crippen molar-refractivity contribution in [1.82, 2.24) is 4.90 Å². The Morgan fingerprint density at radius 1 is 1.60 bits per heavy atom. The van der Waals surface area contributed by atoms with Gasteiger partial charge in [0.25, 0.3) is 0 Å². The summed E-state index contributed by atoms with van der Waals surface area (Å²) in [7, 11) is 0. The molecular weight excluding hydrogens is 126 g/mol. The van der Waals surface area contributed by atoms with Crippen molar-refractivity contribution in [1.29, 1.82) is 0 Å². The van der Waals surface area contributed by atoms with E-state index in [1.54, 1.807) is 0 Å². The smallest absolute Gasteiger partial charge is 0.0746 e. The van der Waals surface area contributed by atoms with Gasteiger partial charge in [0.2, 0.25) is 0 Å². The van der Waals surface area contributed by atoms with Crippen LogP contribution >= 0.6 is 0 Å². The van der Waals surface area contributed by atoms with Gasteiger partial charge in [0.05, 0.1) is 5.60 Å². The molecule has 0 spiro atoms. The Balaban J connectivity index is 2.43. The monoisotopic (exact) mass is 143 g/mol. The fraction of sp³-hybridized carbons (Fsp3) is 1.00. The predicted molar refractivity (Wildman–Crippen MR) is 41.9 cm³/mol. The lowest BCUT2D eigenvalue weighted by atomic mass is 9.88. The summed E-state index contributed by atoms with van der Waals surface area (Å²) in [6, 6.07) is 0.400. The molecule has 1 saturated heterocycles. The van der Waals surface area contributed by atoms with E-state index in [0.717, 1.165) is 19.5 Å². The zero-order valence-electron chi connectivity index (χ0n) is 7.09. The maximum atomic E-state index is 9.60. The quantitative estimate of drug-likeness (QED) is 0.619. The first-order valence-electron chi connectivity index (χ1n) is 4.02. The topological polar surface area (TPSA) is 23.5 Å². The second kappa shape index (κ2) is 2.51. The molecule has 0 aromatic carbocycles. The van der Waals surface area contributed by atoms with Gasteiger partial charge in [0, 0.05) is 12.6 Å². The predicted octanol–water partition coefficient (Wildman–Crippen LogP) is 0.851. The molecule has 1 aliphatic heterocycles. The zero-order chi connectivity index (χ0) is 7.78. The van der Waals surface area contributed by atoms with Crippen molar-refractivity contribution in [2.45, 2.75) is 38.8 Å². The Morgan fingerprint density at radius 3 is 2.30 bits per heavy atom. The van der Waals surface area contributed by atoms with Crippen LogP contribution in [0, 0.1) is 0 Å². The van der Waals surface area contributed by atoms with Crippen LogP contribution in [0.5, 0.6) is 0 Å². The minimum absolute atomic E-state index is 0.400. The van der Waals surface area contributed by atoms with Crippen LogP contribution in [-0.4, -0.2) is 34.7 Å². The molecular formula is C8H17NO. The van der Waals surface area contributed by atoms with Crippen molar-refractivity contribution in [2.24, 2.45) is 0 Å². The van der Waals surface area contributed by atoms with Gasteiger partial charge < -0.3 is 5.11 Å². The standard InChI is InChI=1S/C8H17NO/c1-4-9-6-5-7(9)8(2,3)10/h7,10H,4-6H2,1-3H3. The van der Waals surface area contributed by atoms with Crippen molar-refractivity contribution >= 4 is 0 Å². The van der Waals surface area contributed by atoms with Gasteiger partial charge in [-0.3, -0.25) is 4.90 Å². The van der Waals surface area contributed by atoms with E-state index in [1.165, 1.54) is 0 Å². The summed E-state index contributed by atoms with van der Waals surface area (Å²) in [5.41, 5.74) is -0.506. The average Bonchev–Trinajstić information content (AvgIpc) is 1.57. The van der Waals surface area contributed by atoms with Crippen molar-refractivity contribution in [3.8, 4) is 0 Å². The summed E-state index contributed by atoms with van der Waals surface area (Å²) in [4.78, 5) is 2.31. The molecule has 1 atom stereocenters. The normalized spacial score (nSPS) is 28.2. The molecule has 0 aromatic rings. The van der Waals surface area contributed by atoms with Crippen LogP contribution in [0.2, 0.25) is 0 Å². The molecule has 0 saturated carbocycles. The van der Waals surface area contributed by atoms with E-state index in [2.05, 4.69) is 11.8 Å². The summed E-state index contributed by atoms with van der Waals surface area (Å²) in [5, 5.41) is 9.60. The third-order valence-corrected chi connectivity index (χ3v) is 2.35. The molecule has 2 nitrogen and oxygen atoms in total. The Kier molecular flexibility index (Phi) is 2.02. The number of likely N-dealkylation sites (N-methyl/N-ethyl adjacent to an activating group) is 1. The van der Waals surface area contributed by atoms with E-state index in [0.29, 0.717) is 6.04 Å². The number of nitrogens with zero attached hydrogens (tertiary/aromatic N) is 1. The van der Waals surface area contributed by atoms with Gasteiger partial charge in [0.15, 0.2) is 0 Å². The molecule has 10 heavy (non-hydrogen) atoms. The largest absolute Gasteiger partial charge is 0.389 e. The lowest BCUT2D eigenvalue weighted by Crippen LogP contribution is -2.58. The van der Waals surface area contributed by atoms with Gasteiger partial charge >= 0.3 is 0 Å². The molecule has 1 unspecified atom stereocenters. The molecule has 1 fully saturated rings. The van der Waals surface area contributed by atoms with Crippen LogP contribution in [-0.2, 0) is 0 Å². The van der Waals surface area contributed by atoms with E-state index in [-0.39, 0.29) is 0 Å². The van der Waals surface area contributed by atoms with Crippen LogP contribution < -0.4 is 0 Å². The van der Waals surface area contributed by atoms with Crippen molar-refractivity contribution in [3.05, 3.63) is 0 Å². The molecule has 2 heteroatoms. The third kappa shape index (κ3) is 1.32. The summed E-state index contributed by atoms with van der Waals surface area (Å²) >= 11 is 0. The Hall–Kier alpha value is -0.0800. The Labute approximate surface area is 62.8 Å². The first-order valence-corrected chi connectivity index (χ1v) is 4.02. The highest BCUT2D eigenvalue weighted by Gasteiger charge is 2.37. The Morgan fingerprint density at radius 2 is 2.20 bits per heavy atom. The minimum atomic E-state index is -0.506. The van der Waals surface area contributed by atoms with Gasteiger partial charge in [-0.25, -0.2) is 0 Å². The maximum absolute atomic E-state index is 9.60. The van der Waals surface area contributed by atoms with E-state index >= 15 is 0 Å². The highest BCUT2D eigenvalue weighted by molar-refractivity contribution is 4.93. The number of hydrogen-bond acceptors (Lipinski definition) is 2. The van der Waals surface area contributed by atoms with Crippen LogP contribution in [0.1, 0.15) is 27.2 Å². The number of rotatable bonds is 2. The van der Waals surface area contributed by atoms with Gasteiger partial charge in [0.1, 0.15) is 0 Å². The van der Waals surface area contributed by atoms with Gasteiger partial charge in [-0.1, -0.05) is 6.92 Å². The molecule has 1 heterocycles. The summed E-state index contributed by atoms with van der Waals surface area (Å²) in [5.74, 6) is 0. The second-order valence-electron chi connectivity index (χ2n) is 3.59. The maximum Gasteiger partial charge on any atom is 0.0746 e. The molecule has 1 aliphatic rings. The van der Waals surface area contributed by atoms with Crippen molar-refractivity contribution < 1.29 is 5.11 Å². The van der Waals surface area contributed by atoms with Crippen LogP contribution in [0.15, 0.2) is 0 Å². The fourth-order valence-corrected chi connectivity index (χ4v) is 1.62. The zero-order valence-corrected chi connectivity index (χ0v) is 7.09. The first-order chi connectivity index (χ1) is 4.55. The summed E-state index contributed by atoms with van der Waals surface area (Å²) in [6.45, 7) is 8.14. The van der Waals surface area contributed by atoms with E-state index < -0.39 is 5.60 Å². The number of aliphatic hydroxyl groups is 1. The van der Waals surface area contributed by atoms with E-state index in [9.17, 15) is 5.11 Å². The van der Waals surface area contributed by atoms with Crippen molar-refractivity contribution in [3.63, 3.8) is 0 Å². The molecule has 0 aliphatic carbocycles. The third-order valence-electron chi connectivity index (χ3n) is 2.35. The molecule has 1 N–H and O–H groups in total. The summed E-state index contributed by atoms with van der Waals surface area (Å²) in [6.07, 6.45) is 1.15. The van der Waals surface area contributed by atoms with Gasteiger partial charge in [-0.15, -0.1) is 0 Å². The first kappa shape index (κ1) is 8.02. The lowest BCUT2D eigenvalue weighted by molar-refractivity contribution is -0.0673. The van der Waals surface area contributed by atoms with Crippen LogP contribution in [0.25, 0.3) is 0 Å². The average molecular weight is 143 g/mol. The lowest BCUT2D eigenvalue weighted by Gasteiger charge is -2.46. The van der Waals surface area contributed by atoms with Gasteiger partial charge in [-0.05, 0) is 26.8 Å². The molecule has 1 rings (SSSR count). The Bertz CT molecular complexity index is 115. The highest BCUT2D eigenvalue weighted by atomic mass is 16.3. The highest BCUT2D eigenvalue weighted by Crippen LogP contribution is 2.26. The van der Waals surface area contributed by atoms with E-state index in [4.69, 9.17) is 0 Å². The second-order valence-corrected chi connectivity index (χ2v) is 3.59. The fourth-order valence-electron chi connectivity index (χ4n) is 1.62.